The molecule has 2 N–H and O–H groups in total. The van der Waals surface area contributed by atoms with Gasteiger partial charge in [0, 0.05) is 25.5 Å². The number of carbonyl (C=O) groups is 1. The summed E-state index contributed by atoms with van der Waals surface area (Å²) in [5, 5.41) is 5.86. The van der Waals surface area contributed by atoms with E-state index in [2.05, 4.69) is 15.6 Å². The largest absolute Gasteiger partial charge is 0.378 e. The predicted molar refractivity (Wildman–Crippen MR) is 78.0 cm³/mol. The van der Waals surface area contributed by atoms with Gasteiger partial charge in [0.15, 0.2) is 0 Å². The van der Waals surface area contributed by atoms with Crippen molar-refractivity contribution in [1.82, 2.24) is 20.2 Å². The van der Waals surface area contributed by atoms with Crippen molar-refractivity contribution >= 4 is 5.91 Å². The number of benzene rings is 1. The number of ether oxygens (including phenoxy) is 1. The van der Waals surface area contributed by atoms with E-state index in [-0.39, 0.29) is 24.3 Å². The topological polar surface area (TPSA) is 68.2 Å². The number of amides is 1. The Morgan fingerprint density at radius 1 is 1.55 bits per heavy atom. The van der Waals surface area contributed by atoms with E-state index in [1.165, 1.54) is 12.4 Å². The maximum atomic E-state index is 14.1. The van der Waals surface area contributed by atoms with Crippen LogP contribution in [0.25, 0.3) is 5.69 Å². The molecule has 1 fully saturated rings. The highest BCUT2D eigenvalue weighted by Gasteiger charge is 2.20. The molecule has 22 heavy (non-hydrogen) atoms. The number of nitrogens with one attached hydrogen (secondary N) is 2. The normalized spacial score (nSPS) is 18.1. The molecule has 0 spiro atoms. The number of morpholine rings is 1. The van der Waals surface area contributed by atoms with Crippen molar-refractivity contribution in [2.24, 2.45) is 0 Å². The Morgan fingerprint density at radius 2 is 2.45 bits per heavy atom. The van der Waals surface area contributed by atoms with Gasteiger partial charge in [-0.25, -0.2) is 9.37 Å². The number of carbonyl (C=O) groups excluding carboxylic acids is 1. The van der Waals surface area contributed by atoms with Gasteiger partial charge < -0.3 is 19.9 Å². The molecular formula is C15H17FN4O2. The fourth-order valence-electron chi connectivity index (χ4n) is 2.32. The zero-order valence-corrected chi connectivity index (χ0v) is 12.0. The maximum absolute atomic E-state index is 14.1. The van der Waals surface area contributed by atoms with E-state index in [0.29, 0.717) is 31.0 Å². The summed E-state index contributed by atoms with van der Waals surface area (Å²) >= 11 is 0. The lowest BCUT2D eigenvalue weighted by Gasteiger charge is -2.22. The van der Waals surface area contributed by atoms with Gasteiger partial charge in [-0.15, -0.1) is 0 Å². The molecule has 0 saturated carbocycles. The zero-order chi connectivity index (χ0) is 15.4. The Balaban J connectivity index is 1.61. The third-order valence-corrected chi connectivity index (χ3v) is 3.50. The van der Waals surface area contributed by atoms with Crippen molar-refractivity contribution in [1.29, 1.82) is 0 Å². The summed E-state index contributed by atoms with van der Waals surface area (Å²) in [6.07, 6.45) is 4.80. The summed E-state index contributed by atoms with van der Waals surface area (Å²) in [5.41, 5.74) is 1.13. The van der Waals surface area contributed by atoms with Crippen molar-refractivity contribution in [3.05, 3.63) is 48.3 Å². The number of hydrogen-bond donors (Lipinski definition) is 2. The van der Waals surface area contributed by atoms with Crippen molar-refractivity contribution in [3.8, 4) is 5.69 Å². The van der Waals surface area contributed by atoms with E-state index in [9.17, 15) is 9.18 Å². The van der Waals surface area contributed by atoms with E-state index in [0.717, 1.165) is 0 Å². The van der Waals surface area contributed by atoms with Gasteiger partial charge in [0.2, 0.25) is 5.91 Å². The molecule has 1 aliphatic rings. The molecule has 2 aromatic rings. The van der Waals surface area contributed by atoms with E-state index in [1.54, 1.807) is 29.1 Å². The smallest absolute Gasteiger partial charge is 0.239 e. The molecule has 1 unspecified atom stereocenters. The monoisotopic (exact) mass is 304 g/mol. The second-order valence-electron chi connectivity index (χ2n) is 5.06. The quantitative estimate of drug-likeness (QED) is 0.869. The Hall–Kier alpha value is -2.25. The summed E-state index contributed by atoms with van der Waals surface area (Å²) in [7, 11) is 0. The first-order chi connectivity index (χ1) is 10.7. The molecule has 1 saturated heterocycles. The SMILES string of the molecule is O=C(NCc1ccc(-n2ccnc2)c(F)c1)C1COCCN1. The maximum Gasteiger partial charge on any atom is 0.239 e. The lowest BCUT2D eigenvalue weighted by atomic mass is 10.2. The van der Waals surface area contributed by atoms with Crippen LogP contribution in [-0.2, 0) is 16.1 Å². The van der Waals surface area contributed by atoms with E-state index < -0.39 is 0 Å². The van der Waals surface area contributed by atoms with Gasteiger partial charge in [0.1, 0.15) is 11.9 Å². The summed E-state index contributed by atoms with van der Waals surface area (Å²) < 4.78 is 20.9. The van der Waals surface area contributed by atoms with Gasteiger partial charge >= 0.3 is 0 Å². The van der Waals surface area contributed by atoms with Gasteiger partial charge in [0.25, 0.3) is 0 Å². The number of imidazole rings is 1. The van der Waals surface area contributed by atoms with Gasteiger partial charge in [-0.1, -0.05) is 6.07 Å². The summed E-state index contributed by atoms with van der Waals surface area (Å²) in [5.74, 6) is -0.498. The van der Waals surface area contributed by atoms with Gasteiger partial charge in [-0.2, -0.15) is 0 Å². The zero-order valence-electron chi connectivity index (χ0n) is 12.0. The first-order valence-electron chi connectivity index (χ1n) is 7.09. The molecular weight excluding hydrogens is 287 g/mol. The highest BCUT2D eigenvalue weighted by Crippen LogP contribution is 2.14. The Morgan fingerprint density at radius 3 is 3.14 bits per heavy atom. The van der Waals surface area contributed by atoms with Gasteiger partial charge in [0.05, 0.1) is 25.2 Å². The lowest BCUT2D eigenvalue weighted by Crippen LogP contribution is -2.51. The third-order valence-electron chi connectivity index (χ3n) is 3.50. The summed E-state index contributed by atoms with van der Waals surface area (Å²) in [4.78, 5) is 15.8. The van der Waals surface area contributed by atoms with Crippen LogP contribution in [0.3, 0.4) is 0 Å². The van der Waals surface area contributed by atoms with Crippen molar-refractivity contribution in [2.75, 3.05) is 19.8 Å². The first-order valence-corrected chi connectivity index (χ1v) is 7.09. The lowest BCUT2D eigenvalue weighted by molar-refractivity contribution is -0.126. The number of rotatable bonds is 4. The van der Waals surface area contributed by atoms with Gasteiger partial charge in [-0.05, 0) is 17.7 Å². The highest BCUT2D eigenvalue weighted by molar-refractivity contribution is 5.81. The average molecular weight is 304 g/mol. The second kappa shape index (κ2) is 6.67. The van der Waals surface area contributed by atoms with Crippen LogP contribution in [0.4, 0.5) is 4.39 Å². The number of halogens is 1. The van der Waals surface area contributed by atoms with Crippen LogP contribution in [0.1, 0.15) is 5.56 Å². The van der Waals surface area contributed by atoms with Crippen molar-refractivity contribution in [2.45, 2.75) is 12.6 Å². The molecule has 6 nitrogen and oxygen atoms in total. The Bertz CT molecular complexity index is 639. The fourth-order valence-corrected chi connectivity index (χ4v) is 2.32. The van der Waals surface area contributed by atoms with Crippen LogP contribution in [0.2, 0.25) is 0 Å². The van der Waals surface area contributed by atoms with Crippen LogP contribution in [0.15, 0.2) is 36.9 Å². The first kappa shape index (κ1) is 14.7. The van der Waals surface area contributed by atoms with Crippen LogP contribution in [0, 0.1) is 5.82 Å². The molecule has 1 aromatic heterocycles. The standard InChI is InChI=1S/C15H17FN4O2/c16-12-7-11(1-2-14(12)20-5-3-17-10-20)8-19-15(21)13-9-22-6-4-18-13/h1-3,5,7,10,13,18H,4,6,8-9H2,(H,19,21). The van der Waals surface area contributed by atoms with Crippen LogP contribution >= 0.6 is 0 Å². The predicted octanol–water partition coefficient (Wildman–Crippen LogP) is 0.616. The molecule has 1 atom stereocenters. The minimum absolute atomic E-state index is 0.140. The van der Waals surface area contributed by atoms with E-state index in [4.69, 9.17) is 4.74 Å². The summed E-state index contributed by atoms with van der Waals surface area (Å²) in [6.45, 7) is 1.91. The van der Waals surface area contributed by atoms with Crippen molar-refractivity contribution in [3.63, 3.8) is 0 Å². The molecule has 2 heterocycles. The molecule has 1 aromatic carbocycles. The van der Waals surface area contributed by atoms with Gasteiger partial charge in [-0.3, -0.25) is 4.79 Å². The van der Waals surface area contributed by atoms with Crippen LogP contribution < -0.4 is 10.6 Å². The van der Waals surface area contributed by atoms with E-state index >= 15 is 0 Å². The van der Waals surface area contributed by atoms with Crippen LogP contribution in [0.5, 0.6) is 0 Å². The molecule has 1 amide bonds. The number of hydrogen-bond acceptors (Lipinski definition) is 4. The molecule has 0 aliphatic carbocycles. The average Bonchev–Trinajstić information content (AvgIpc) is 3.07. The molecule has 0 radical (unpaired) electrons. The minimum Gasteiger partial charge on any atom is -0.378 e. The molecule has 0 bridgehead atoms. The number of nitrogens with zero attached hydrogens (tertiary/aromatic N) is 2. The second-order valence-corrected chi connectivity index (χ2v) is 5.06. The summed E-state index contributed by atoms with van der Waals surface area (Å²) in [6, 6.07) is 4.52. The fraction of sp³-hybridized carbons (Fsp3) is 0.333. The number of aromatic nitrogens is 2. The Kier molecular flexibility index (Phi) is 4.45. The molecule has 7 heteroatoms. The molecule has 116 valence electrons. The van der Waals surface area contributed by atoms with Crippen molar-refractivity contribution < 1.29 is 13.9 Å². The highest BCUT2D eigenvalue weighted by atomic mass is 19.1. The Labute approximate surface area is 127 Å². The van der Waals surface area contributed by atoms with Crippen LogP contribution in [-0.4, -0.2) is 41.3 Å². The molecule has 3 rings (SSSR count). The minimum atomic E-state index is -0.358. The molecule has 1 aliphatic heterocycles. The van der Waals surface area contributed by atoms with E-state index in [1.807, 2.05) is 0 Å². The third kappa shape index (κ3) is 3.32.